The van der Waals surface area contributed by atoms with E-state index in [1.807, 2.05) is 35.2 Å². The Morgan fingerprint density at radius 2 is 1.83 bits per heavy atom. The molecule has 2 saturated heterocycles. The van der Waals surface area contributed by atoms with E-state index in [4.69, 9.17) is 24.4 Å². The molecule has 0 saturated carbocycles. The van der Waals surface area contributed by atoms with E-state index in [-0.39, 0.29) is 47.2 Å². The molecule has 5 heterocycles. The second kappa shape index (κ2) is 15.0. The lowest BCUT2D eigenvalue weighted by Crippen LogP contribution is -2.40. The molecule has 6 atom stereocenters. The van der Waals surface area contributed by atoms with Crippen molar-refractivity contribution in [3.8, 4) is 0 Å². The number of nitrogens with zero attached hydrogens (tertiary/aromatic N) is 6. The van der Waals surface area contributed by atoms with Crippen LogP contribution in [0.3, 0.4) is 0 Å². The highest BCUT2D eigenvalue weighted by molar-refractivity contribution is 7.89. The number of carbonyl (C=O) groups excluding carboxylic acids is 1. The molecule has 53 heavy (non-hydrogen) atoms. The SMILES string of the molecule is NS(=O)(=O)c1ccc(NC(=O)NC2CCN(c3nc(NC(CO)Cc4ccccc4)c4ncn(C5OC(c6cc(CO)no6)C(O)C5O)c4n3)C2)cc1. The Labute approximate surface area is 302 Å². The summed E-state index contributed by atoms with van der Waals surface area (Å²) in [5.74, 6) is 0.703. The number of nitrogens with two attached hydrogens (primary N) is 1. The molecule has 2 aliphatic heterocycles. The van der Waals surface area contributed by atoms with E-state index in [1.54, 1.807) is 0 Å². The number of primary sulfonamides is 1. The molecule has 19 nitrogen and oxygen atoms in total. The van der Waals surface area contributed by atoms with Crippen molar-refractivity contribution in [3.63, 3.8) is 0 Å². The van der Waals surface area contributed by atoms with Crippen LogP contribution in [0.1, 0.15) is 35.8 Å². The van der Waals surface area contributed by atoms with Crippen molar-refractivity contribution >= 4 is 44.7 Å². The van der Waals surface area contributed by atoms with Gasteiger partial charge in [-0.15, -0.1) is 0 Å². The minimum atomic E-state index is -3.87. The van der Waals surface area contributed by atoms with Crippen LogP contribution in [0.5, 0.6) is 0 Å². The van der Waals surface area contributed by atoms with E-state index in [0.29, 0.717) is 43.0 Å². The van der Waals surface area contributed by atoms with E-state index in [9.17, 15) is 33.6 Å². The van der Waals surface area contributed by atoms with Gasteiger partial charge in [-0.05, 0) is 42.7 Å². The third-order valence-corrected chi connectivity index (χ3v) is 10.0. The highest BCUT2D eigenvalue weighted by Crippen LogP contribution is 2.40. The van der Waals surface area contributed by atoms with E-state index in [1.165, 1.54) is 41.2 Å². The van der Waals surface area contributed by atoms with Gasteiger partial charge in [0.15, 0.2) is 29.0 Å². The maximum absolute atomic E-state index is 12.8. The van der Waals surface area contributed by atoms with Crippen LogP contribution in [0.4, 0.5) is 22.2 Å². The summed E-state index contributed by atoms with van der Waals surface area (Å²) in [4.78, 5) is 28.8. The second-order valence-corrected chi connectivity index (χ2v) is 14.4. The van der Waals surface area contributed by atoms with Gasteiger partial charge in [-0.3, -0.25) is 4.57 Å². The average Bonchev–Trinajstić information content (AvgIpc) is 3.96. The number of aliphatic hydroxyl groups is 4. The van der Waals surface area contributed by atoms with E-state index < -0.39 is 46.6 Å². The first-order valence-corrected chi connectivity index (χ1v) is 18.2. The summed E-state index contributed by atoms with van der Waals surface area (Å²) >= 11 is 0. The summed E-state index contributed by atoms with van der Waals surface area (Å²) in [6.07, 6.45) is -2.69. The van der Waals surface area contributed by atoms with Gasteiger partial charge < -0.3 is 50.5 Å². The predicted octanol–water partition coefficient (Wildman–Crippen LogP) is 0.362. The number of amides is 2. The summed E-state index contributed by atoms with van der Waals surface area (Å²) in [7, 11) is -3.87. The van der Waals surface area contributed by atoms with Crippen LogP contribution in [0.15, 0.2) is 76.4 Å². The third-order valence-electron chi connectivity index (χ3n) is 9.07. The lowest BCUT2D eigenvalue weighted by Gasteiger charge is -2.22. The van der Waals surface area contributed by atoms with Gasteiger partial charge in [0.2, 0.25) is 16.0 Å². The number of ether oxygens (including phenoxy) is 1. The van der Waals surface area contributed by atoms with Gasteiger partial charge in [0.1, 0.15) is 24.0 Å². The van der Waals surface area contributed by atoms with Crippen LogP contribution in [0, 0.1) is 0 Å². The Kier molecular flexibility index (Phi) is 10.2. The molecule has 2 fully saturated rings. The van der Waals surface area contributed by atoms with Gasteiger partial charge in [0.05, 0.1) is 30.5 Å². The second-order valence-electron chi connectivity index (χ2n) is 12.8. The van der Waals surface area contributed by atoms with Crippen molar-refractivity contribution in [2.24, 2.45) is 5.14 Å². The van der Waals surface area contributed by atoms with Gasteiger partial charge in [0, 0.05) is 30.9 Å². The number of sulfonamides is 1. The van der Waals surface area contributed by atoms with Crippen LogP contribution in [-0.4, -0.2) is 104 Å². The van der Waals surface area contributed by atoms with Crippen LogP contribution in [0.2, 0.25) is 0 Å². The molecule has 7 rings (SSSR count). The number of rotatable bonds is 12. The Bertz CT molecular complexity index is 2170. The summed E-state index contributed by atoms with van der Waals surface area (Å²) in [6, 6.07) is 15.2. The predicted molar refractivity (Wildman–Crippen MR) is 188 cm³/mol. The molecule has 0 spiro atoms. The lowest BCUT2D eigenvalue weighted by atomic mass is 10.1. The van der Waals surface area contributed by atoms with Crippen LogP contribution >= 0.6 is 0 Å². The zero-order chi connectivity index (χ0) is 37.3. The number of aliphatic hydroxyl groups excluding tert-OH is 4. The van der Waals surface area contributed by atoms with Gasteiger partial charge in [-0.25, -0.2) is 23.3 Å². The number of aromatic nitrogens is 5. The smallest absolute Gasteiger partial charge is 0.319 e. The highest BCUT2D eigenvalue weighted by Gasteiger charge is 2.47. The van der Waals surface area contributed by atoms with Crippen molar-refractivity contribution in [1.29, 1.82) is 0 Å². The topological polar surface area (TPSA) is 276 Å². The fourth-order valence-corrected chi connectivity index (χ4v) is 6.90. The van der Waals surface area contributed by atoms with Crippen molar-refractivity contribution in [1.82, 2.24) is 30.0 Å². The van der Waals surface area contributed by atoms with Gasteiger partial charge in [0.25, 0.3) is 0 Å². The normalized spacial score (nSPS) is 22.3. The summed E-state index contributed by atoms with van der Waals surface area (Å²) in [5.41, 5.74) is 2.17. The number of fused-ring (bicyclic) bond motifs is 1. The van der Waals surface area contributed by atoms with Crippen LogP contribution in [-0.2, 0) is 27.8 Å². The van der Waals surface area contributed by atoms with Gasteiger partial charge in [-0.2, -0.15) is 9.97 Å². The molecular weight excluding hydrogens is 712 g/mol. The zero-order valence-corrected chi connectivity index (χ0v) is 28.9. The minimum Gasteiger partial charge on any atom is -0.394 e. The first kappa shape index (κ1) is 36.2. The van der Waals surface area contributed by atoms with E-state index in [0.717, 1.165) is 5.56 Å². The number of hydrogen-bond donors (Lipinski definition) is 8. The van der Waals surface area contributed by atoms with Crippen molar-refractivity contribution in [2.75, 3.05) is 35.2 Å². The summed E-state index contributed by atoms with van der Waals surface area (Å²) in [5, 5.41) is 59.6. The van der Waals surface area contributed by atoms with Crippen LogP contribution in [0.25, 0.3) is 11.2 Å². The van der Waals surface area contributed by atoms with Crippen LogP contribution < -0.4 is 26.0 Å². The molecule has 5 aromatic rings. The van der Waals surface area contributed by atoms with Crippen molar-refractivity contribution in [2.45, 2.75) is 61.0 Å². The molecular formula is C33H38N10O9S. The molecule has 0 radical (unpaired) electrons. The first-order chi connectivity index (χ1) is 25.5. The number of hydrogen-bond acceptors (Lipinski definition) is 15. The lowest BCUT2D eigenvalue weighted by molar-refractivity contribution is -0.0434. The number of urea groups is 1. The molecule has 2 aromatic carbocycles. The first-order valence-electron chi connectivity index (χ1n) is 16.7. The van der Waals surface area contributed by atoms with Gasteiger partial charge in [-0.1, -0.05) is 35.5 Å². The quantitative estimate of drug-likeness (QED) is 0.0855. The molecule has 280 valence electrons. The summed E-state index contributed by atoms with van der Waals surface area (Å²) < 4.78 is 35.9. The maximum Gasteiger partial charge on any atom is 0.319 e. The highest BCUT2D eigenvalue weighted by atomic mass is 32.2. The Hall–Kier alpha value is -5.22. The standard InChI is InChI=1S/C33H38N10O9S/c34-53(49,50)23-8-6-19(7-9-23)37-33(48)38-20-10-11-42(14-20)32-39-29(36-21(15-44)12-18-4-2-1-3-5-18)25-30(40-32)43(17-35-25)31-27(47)26(46)28(51-31)24-13-22(16-45)41-52-24/h1-9,13,17,20-21,26-28,31,44-47H,10-12,14-16H2,(H2,34,49,50)(H,36,39,40)(H2,37,38,48). The Morgan fingerprint density at radius 3 is 2.53 bits per heavy atom. The number of anilines is 3. The van der Waals surface area contributed by atoms with Crippen molar-refractivity contribution < 1.29 is 42.9 Å². The molecule has 0 bridgehead atoms. The van der Waals surface area contributed by atoms with Gasteiger partial charge >= 0.3 is 6.03 Å². The summed E-state index contributed by atoms with van der Waals surface area (Å²) in [6.45, 7) is 0.181. The molecule has 3 aromatic heterocycles. The van der Waals surface area contributed by atoms with Crippen molar-refractivity contribution in [3.05, 3.63) is 84.0 Å². The monoisotopic (exact) mass is 750 g/mol. The fourth-order valence-electron chi connectivity index (χ4n) is 6.39. The van der Waals surface area contributed by atoms with E-state index >= 15 is 0 Å². The number of imidazole rings is 1. The number of nitrogens with one attached hydrogen (secondary N) is 3. The number of benzene rings is 2. The average molecular weight is 751 g/mol. The molecule has 20 heteroatoms. The largest absolute Gasteiger partial charge is 0.394 e. The molecule has 2 aliphatic rings. The number of carbonyl (C=O) groups is 1. The molecule has 0 aliphatic carbocycles. The third kappa shape index (κ3) is 7.78. The Morgan fingerprint density at radius 1 is 1.06 bits per heavy atom. The Balaban J connectivity index is 1.14. The maximum atomic E-state index is 12.8. The molecule has 2 amide bonds. The zero-order valence-electron chi connectivity index (χ0n) is 28.1. The fraction of sp³-hybridized carbons (Fsp3) is 0.364. The molecule has 6 unspecified atom stereocenters. The van der Waals surface area contributed by atoms with E-state index in [2.05, 4.69) is 26.1 Å². The molecule has 9 N–H and O–H groups in total. The minimum absolute atomic E-state index is 0.0797.